The molecule has 0 aliphatic rings. The molecule has 0 unspecified atom stereocenters. The summed E-state index contributed by atoms with van der Waals surface area (Å²) in [5.74, 6) is 0.540. The van der Waals surface area contributed by atoms with Gasteiger partial charge in [-0.3, -0.25) is 5.32 Å². The molecule has 0 radical (unpaired) electrons. The fourth-order valence-corrected chi connectivity index (χ4v) is 2.39. The van der Waals surface area contributed by atoms with Gasteiger partial charge in [-0.2, -0.15) is 0 Å². The first kappa shape index (κ1) is 21.1. The Morgan fingerprint density at radius 1 is 1.20 bits per heavy atom. The molecular formula is C19H32N2O4. The molecule has 25 heavy (non-hydrogen) atoms. The van der Waals surface area contributed by atoms with Crippen LogP contribution in [0.5, 0.6) is 5.75 Å². The second-order valence-electron chi connectivity index (χ2n) is 7.26. The van der Waals surface area contributed by atoms with E-state index in [0.29, 0.717) is 18.0 Å². The van der Waals surface area contributed by atoms with Gasteiger partial charge >= 0.3 is 6.09 Å². The number of benzene rings is 1. The van der Waals surface area contributed by atoms with Gasteiger partial charge in [0.2, 0.25) is 0 Å². The van der Waals surface area contributed by atoms with Crippen LogP contribution in [0.25, 0.3) is 0 Å². The fraction of sp³-hybridized carbons (Fsp3) is 0.632. The molecule has 0 aliphatic carbocycles. The molecule has 6 nitrogen and oxygen atoms in total. The smallest absolute Gasteiger partial charge is 0.412 e. The van der Waals surface area contributed by atoms with Crippen molar-refractivity contribution in [1.82, 2.24) is 0 Å². The molecule has 6 heteroatoms. The molecule has 1 amide bonds. The van der Waals surface area contributed by atoms with E-state index in [9.17, 15) is 9.90 Å². The monoisotopic (exact) mass is 352 g/mol. The summed E-state index contributed by atoms with van der Waals surface area (Å²) in [6, 6.07) is 5.45. The number of carbonyl (C=O) groups excluding carboxylic acids is 1. The first-order valence-electron chi connectivity index (χ1n) is 8.71. The van der Waals surface area contributed by atoms with Crippen LogP contribution < -0.4 is 15.4 Å². The Morgan fingerprint density at radius 3 is 2.32 bits per heavy atom. The number of ether oxygens (including phenoxy) is 2. The molecule has 0 heterocycles. The van der Waals surface area contributed by atoms with Crippen LogP contribution in [0.1, 0.15) is 47.5 Å². The minimum absolute atomic E-state index is 0.138. The van der Waals surface area contributed by atoms with Crippen molar-refractivity contribution in [2.24, 2.45) is 5.41 Å². The van der Waals surface area contributed by atoms with E-state index in [1.165, 1.54) is 0 Å². The average molecular weight is 352 g/mol. The minimum Gasteiger partial charge on any atom is -0.494 e. The highest BCUT2D eigenvalue weighted by molar-refractivity contribution is 5.87. The number of rotatable bonds is 8. The highest BCUT2D eigenvalue weighted by Gasteiger charge is 2.25. The first-order chi connectivity index (χ1) is 11.7. The lowest BCUT2D eigenvalue weighted by Gasteiger charge is -2.30. The van der Waals surface area contributed by atoms with E-state index in [1.807, 2.05) is 32.9 Å². The van der Waals surface area contributed by atoms with Gasteiger partial charge in [-0.15, -0.1) is 0 Å². The number of methoxy groups -OCH3 is 1. The van der Waals surface area contributed by atoms with Gasteiger partial charge in [-0.1, -0.05) is 13.8 Å². The maximum atomic E-state index is 11.9. The number of anilines is 2. The number of aliphatic hydroxyl groups is 1. The van der Waals surface area contributed by atoms with Crippen molar-refractivity contribution >= 4 is 17.5 Å². The molecule has 0 atom stereocenters. The van der Waals surface area contributed by atoms with Crippen LogP contribution in [0, 0.1) is 5.41 Å². The van der Waals surface area contributed by atoms with Crippen molar-refractivity contribution < 1.29 is 19.4 Å². The molecule has 0 saturated carbocycles. The Morgan fingerprint density at radius 2 is 1.84 bits per heavy atom. The maximum Gasteiger partial charge on any atom is 0.412 e. The molecule has 142 valence electrons. The lowest BCUT2D eigenvalue weighted by Crippen LogP contribution is -2.32. The Bertz CT molecular complexity index is 555. The molecule has 1 rings (SSSR count). The van der Waals surface area contributed by atoms with E-state index >= 15 is 0 Å². The van der Waals surface area contributed by atoms with Gasteiger partial charge in [0, 0.05) is 23.7 Å². The fourth-order valence-electron chi connectivity index (χ4n) is 2.39. The third-order valence-electron chi connectivity index (χ3n) is 4.34. The van der Waals surface area contributed by atoms with Crippen molar-refractivity contribution in [2.75, 3.05) is 30.9 Å². The van der Waals surface area contributed by atoms with Gasteiger partial charge in [0.05, 0.1) is 19.4 Å². The number of nitrogens with one attached hydrogen (secondary N) is 2. The van der Waals surface area contributed by atoms with Gasteiger partial charge in [0.15, 0.2) is 0 Å². The first-order valence-corrected chi connectivity index (χ1v) is 8.71. The number of aliphatic hydroxyl groups excluding tert-OH is 1. The Kier molecular flexibility index (Phi) is 7.55. The summed E-state index contributed by atoms with van der Waals surface area (Å²) in [6.45, 7) is 10.4. The quantitative estimate of drug-likeness (QED) is 0.652. The largest absolute Gasteiger partial charge is 0.494 e. The summed E-state index contributed by atoms with van der Waals surface area (Å²) in [5, 5.41) is 15.7. The maximum absolute atomic E-state index is 11.9. The van der Waals surface area contributed by atoms with E-state index < -0.39 is 11.7 Å². The minimum atomic E-state index is -0.563. The molecule has 0 aromatic heterocycles. The van der Waals surface area contributed by atoms with Crippen LogP contribution in [0.4, 0.5) is 16.2 Å². The van der Waals surface area contributed by atoms with E-state index in [2.05, 4.69) is 24.5 Å². The summed E-state index contributed by atoms with van der Waals surface area (Å²) in [7, 11) is 1.55. The van der Waals surface area contributed by atoms with Gasteiger partial charge < -0.3 is 19.9 Å². The highest BCUT2D eigenvalue weighted by Crippen LogP contribution is 2.30. The molecule has 1 aromatic rings. The molecular weight excluding hydrogens is 320 g/mol. The standard InChI is InChI=1S/C19H32N2O4/c1-7-19(8-2,13-22)12-20-14-9-10-15(16(11-14)24-6)21-17(23)25-18(3,4)5/h9-11,20,22H,7-8,12-13H2,1-6H3,(H,21,23). The topological polar surface area (TPSA) is 79.8 Å². The van der Waals surface area contributed by atoms with Gasteiger partial charge in [-0.05, 0) is 45.7 Å². The molecule has 0 spiro atoms. The number of carbonyl (C=O) groups is 1. The summed E-state index contributed by atoms with van der Waals surface area (Å²) >= 11 is 0. The lowest BCUT2D eigenvalue weighted by molar-refractivity contribution is 0.0635. The molecule has 0 aliphatic heterocycles. The van der Waals surface area contributed by atoms with Crippen LogP contribution in [-0.2, 0) is 4.74 Å². The number of hydrogen-bond acceptors (Lipinski definition) is 5. The van der Waals surface area contributed by atoms with Gasteiger partial charge in [0.1, 0.15) is 11.4 Å². The SMILES string of the molecule is CCC(CC)(CO)CNc1ccc(NC(=O)OC(C)(C)C)c(OC)c1. The van der Waals surface area contributed by atoms with Crippen molar-refractivity contribution in [1.29, 1.82) is 0 Å². The third kappa shape index (κ3) is 6.46. The molecule has 0 fully saturated rings. The molecule has 3 N–H and O–H groups in total. The predicted octanol–water partition coefficient (Wildman–Crippen LogP) is 4.25. The van der Waals surface area contributed by atoms with Crippen molar-refractivity contribution in [3.8, 4) is 5.75 Å². The summed E-state index contributed by atoms with van der Waals surface area (Å²) in [4.78, 5) is 11.9. The normalized spacial score (nSPS) is 11.8. The average Bonchev–Trinajstić information content (AvgIpc) is 2.56. The zero-order valence-electron chi connectivity index (χ0n) is 16.2. The van der Waals surface area contributed by atoms with Crippen LogP contribution in [-0.4, -0.2) is 37.1 Å². The van der Waals surface area contributed by atoms with E-state index in [0.717, 1.165) is 18.5 Å². The van der Waals surface area contributed by atoms with Crippen LogP contribution in [0.2, 0.25) is 0 Å². The van der Waals surface area contributed by atoms with Gasteiger partial charge in [0.25, 0.3) is 0 Å². The highest BCUT2D eigenvalue weighted by atomic mass is 16.6. The Labute approximate surface area is 150 Å². The van der Waals surface area contributed by atoms with E-state index in [1.54, 1.807) is 13.2 Å². The van der Waals surface area contributed by atoms with Crippen molar-refractivity contribution in [3.63, 3.8) is 0 Å². The molecule has 0 bridgehead atoms. The zero-order chi connectivity index (χ0) is 19.1. The van der Waals surface area contributed by atoms with Crippen LogP contribution in [0.15, 0.2) is 18.2 Å². The molecule has 1 aromatic carbocycles. The van der Waals surface area contributed by atoms with Crippen molar-refractivity contribution in [3.05, 3.63) is 18.2 Å². The van der Waals surface area contributed by atoms with Crippen molar-refractivity contribution in [2.45, 2.75) is 53.1 Å². The predicted molar refractivity (Wildman–Crippen MR) is 101 cm³/mol. The zero-order valence-corrected chi connectivity index (χ0v) is 16.2. The second kappa shape index (κ2) is 8.94. The number of amides is 1. The molecule has 0 saturated heterocycles. The summed E-state index contributed by atoms with van der Waals surface area (Å²) in [6.07, 6.45) is 1.26. The van der Waals surface area contributed by atoms with Crippen LogP contribution in [0.3, 0.4) is 0 Å². The number of hydrogen-bond donors (Lipinski definition) is 3. The van der Waals surface area contributed by atoms with E-state index in [4.69, 9.17) is 9.47 Å². The summed E-state index contributed by atoms with van der Waals surface area (Å²) < 4.78 is 10.6. The van der Waals surface area contributed by atoms with E-state index in [-0.39, 0.29) is 12.0 Å². The Balaban J connectivity index is 2.83. The lowest BCUT2D eigenvalue weighted by atomic mass is 9.83. The Hall–Kier alpha value is -1.95. The third-order valence-corrected chi connectivity index (χ3v) is 4.34. The summed E-state index contributed by atoms with van der Waals surface area (Å²) in [5.41, 5.74) is 0.709. The second-order valence-corrected chi connectivity index (χ2v) is 7.26. The van der Waals surface area contributed by atoms with Gasteiger partial charge in [-0.25, -0.2) is 4.79 Å². The van der Waals surface area contributed by atoms with Crippen LogP contribution >= 0.6 is 0 Å².